The number of carbonyl (C=O) groups excluding carboxylic acids is 2. The van der Waals surface area contributed by atoms with Gasteiger partial charge in [0, 0.05) is 11.1 Å². The maximum absolute atomic E-state index is 12.8. The minimum Gasteiger partial charge on any atom is -0.497 e. The van der Waals surface area contributed by atoms with Gasteiger partial charge in [-0.15, -0.1) is 0 Å². The molecule has 1 aromatic heterocycles. The first-order chi connectivity index (χ1) is 15.0. The molecule has 0 saturated heterocycles. The molecule has 3 aromatic rings. The highest BCUT2D eigenvalue weighted by molar-refractivity contribution is 6.30. The highest BCUT2D eigenvalue weighted by atomic mass is 35.5. The lowest BCUT2D eigenvalue weighted by molar-refractivity contribution is -0.126. The second kappa shape index (κ2) is 10.6. The molecule has 162 valence electrons. The summed E-state index contributed by atoms with van der Waals surface area (Å²) in [6.45, 7) is 1.96. The van der Waals surface area contributed by atoms with Crippen molar-refractivity contribution < 1.29 is 14.3 Å². The van der Waals surface area contributed by atoms with Gasteiger partial charge in [-0.05, 0) is 41.8 Å². The first-order valence-corrected chi connectivity index (χ1v) is 10.4. The molecule has 0 aliphatic carbocycles. The first-order valence-electron chi connectivity index (χ1n) is 10.0. The highest BCUT2D eigenvalue weighted by Gasteiger charge is 2.21. The van der Waals surface area contributed by atoms with Gasteiger partial charge in [-0.1, -0.05) is 49.2 Å². The summed E-state index contributed by atoms with van der Waals surface area (Å²) in [5.41, 5.74) is 2.46. The third-order valence-electron chi connectivity index (χ3n) is 4.71. The molecule has 8 heteroatoms. The molecule has 1 unspecified atom stereocenters. The summed E-state index contributed by atoms with van der Waals surface area (Å²) in [5.74, 6) is 0.530. The fraction of sp³-hybridized carbons (Fsp3) is 0.261. The summed E-state index contributed by atoms with van der Waals surface area (Å²) in [6, 6.07) is 15.7. The maximum Gasteiger partial charge on any atom is 0.248 e. The van der Waals surface area contributed by atoms with Gasteiger partial charge in [0.2, 0.25) is 11.8 Å². The third-order valence-corrected chi connectivity index (χ3v) is 4.96. The Balaban J connectivity index is 1.62. The summed E-state index contributed by atoms with van der Waals surface area (Å²) >= 11 is 5.92. The van der Waals surface area contributed by atoms with E-state index in [1.54, 1.807) is 31.4 Å². The molecule has 1 heterocycles. The van der Waals surface area contributed by atoms with Crippen LogP contribution in [0.4, 0.5) is 5.82 Å². The van der Waals surface area contributed by atoms with Crippen LogP contribution in [-0.4, -0.2) is 35.2 Å². The number of aromatic nitrogens is 2. The molecule has 7 nitrogen and oxygen atoms in total. The van der Waals surface area contributed by atoms with Crippen molar-refractivity contribution in [2.24, 2.45) is 0 Å². The van der Waals surface area contributed by atoms with Crippen molar-refractivity contribution >= 4 is 29.2 Å². The van der Waals surface area contributed by atoms with E-state index in [1.165, 1.54) is 0 Å². The van der Waals surface area contributed by atoms with E-state index in [0.717, 1.165) is 23.2 Å². The molecule has 0 radical (unpaired) electrons. The van der Waals surface area contributed by atoms with E-state index < -0.39 is 6.04 Å². The monoisotopic (exact) mass is 440 g/mol. The smallest absolute Gasteiger partial charge is 0.248 e. The fourth-order valence-corrected chi connectivity index (χ4v) is 3.27. The Labute approximate surface area is 186 Å². The number of nitrogens with zero attached hydrogens (tertiary/aromatic N) is 1. The number of H-pyrrole nitrogens is 1. The number of halogens is 1. The van der Waals surface area contributed by atoms with Crippen LogP contribution in [0.25, 0.3) is 11.3 Å². The number of benzene rings is 2. The Hall–Kier alpha value is -3.32. The number of aromatic amines is 1. The van der Waals surface area contributed by atoms with Gasteiger partial charge in [0.15, 0.2) is 5.82 Å². The van der Waals surface area contributed by atoms with E-state index >= 15 is 0 Å². The molecule has 3 rings (SSSR count). The van der Waals surface area contributed by atoms with Crippen LogP contribution in [0.1, 0.15) is 25.3 Å². The quantitative estimate of drug-likeness (QED) is 0.464. The van der Waals surface area contributed by atoms with Crippen LogP contribution in [0.5, 0.6) is 5.75 Å². The van der Waals surface area contributed by atoms with Crippen molar-refractivity contribution in [2.45, 2.75) is 32.2 Å². The Morgan fingerprint density at radius 1 is 1.16 bits per heavy atom. The molecular weight excluding hydrogens is 416 g/mol. The van der Waals surface area contributed by atoms with Crippen LogP contribution < -0.4 is 15.4 Å². The number of nitrogens with one attached hydrogen (secondary N) is 3. The van der Waals surface area contributed by atoms with Gasteiger partial charge in [0.1, 0.15) is 11.8 Å². The molecule has 1 atom stereocenters. The molecule has 0 aliphatic rings. The third kappa shape index (κ3) is 6.33. The predicted octanol–water partition coefficient (Wildman–Crippen LogP) is 4.20. The summed E-state index contributed by atoms with van der Waals surface area (Å²) in [6.07, 6.45) is 1.42. The Bertz CT molecular complexity index is 1030. The Morgan fingerprint density at radius 3 is 2.65 bits per heavy atom. The van der Waals surface area contributed by atoms with Crippen LogP contribution in [0, 0.1) is 0 Å². The zero-order valence-corrected chi connectivity index (χ0v) is 18.2. The number of hydrogen-bond acceptors (Lipinski definition) is 4. The van der Waals surface area contributed by atoms with Crippen molar-refractivity contribution in [3.05, 3.63) is 65.2 Å². The van der Waals surface area contributed by atoms with Crippen molar-refractivity contribution in [3.63, 3.8) is 0 Å². The van der Waals surface area contributed by atoms with Crippen LogP contribution in [0.3, 0.4) is 0 Å². The normalized spacial score (nSPS) is 11.6. The zero-order chi connectivity index (χ0) is 22.2. The van der Waals surface area contributed by atoms with Gasteiger partial charge >= 0.3 is 0 Å². The Morgan fingerprint density at radius 2 is 1.94 bits per heavy atom. The number of methoxy groups -OCH3 is 1. The fourth-order valence-electron chi connectivity index (χ4n) is 3.15. The maximum atomic E-state index is 12.8. The highest BCUT2D eigenvalue weighted by Crippen LogP contribution is 2.22. The molecule has 3 N–H and O–H groups in total. The number of rotatable bonds is 9. The summed E-state index contributed by atoms with van der Waals surface area (Å²) in [4.78, 5) is 25.3. The Kier molecular flexibility index (Phi) is 7.67. The van der Waals surface area contributed by atoms with E-state index in [2.05, 4.69) is 20.8 Å². The summed E-state index contributed by atoms with van der Waals surface area (Å²) in [5, 5.41) is 13.3. The standard InChI is InChI=1S/C23H25ClN4O3/c1-3-5-19(25-22(29)13-15-6-4-7-18(12-15)31-2)23(30)26-21-14-20(27-28-21)16-8-10-17(24)11-9-16/h4,6-12,14,19H,3,5,13H2,1-2H3,(H,25,29)(H2,26,27,28,30). The topological polar surface area (TPSA) is 96.1 Å². The lowest BCUT2D eigenvalue weighted by atomic mass is 10.1. The molecule has 31 heavy (non-hydrogen) atoms. The lowest BCUT2D eigenvalue weighted by Gasteiger charge is -2.17. The van der Waals surface area contributed by atoms with E-state index in [1.807, 2.05) is 37.3 Å². The van der Waals surface area contributed by atoms with Crippen LogP contribution in [-0.2, 0) is 16.0 Å². The molecule has 2 aromatic carbocycles. The molecule has 2 amide bonds. The molecule has 0 saturated carbocycles. The van der Waals surface area contributed by atoms with Crippen molar-refractivity contribution in [1.82, 2.24) is 15.5 Å². The number of hydrogen-bond donors (Lipinski definition) is 3. The van der Waals surface area contributed by atoms with E-state index in [-0.39, 0.29) is 18.2 Å². The number of anilines is 1. The van der Waals surface area contributed by atoms with Gasteiger partial charge in [-0.25, -0.2) is 0 Å². The van der Waals surface area contributed by atoms with E-state index in [0.29, 0.717) is 23.0 Å². The van der Waals surface area contributed by atoms with Crippen molar-refractivity contribution in [3.8, 4) is 17.0 Å². The number of amides is 2. The largest absolute Gasteiger partial charge is 0.497 e. The lowest BCUT2D eigenvalue weighted by Crippen LogP contribution is -2.44. The molecule has 0 fully saturated rings. The molecule has 0 aliphatic heterocycles. The van der Waals surface area contributed by atoms with Gasteiger partial charge in [-0.3, -0.25) is 14.7 Å². The minimum atomic E-state index is -0.654. The van der Waals surface area contributed by atoms with E-state index in [9.17, 15) is 9.59 Å². The average Bonchev–Trinajstić information content (AvgIpc) is 3.22. The van der Waals surface area contributed by atoms with Gasteiger partial charge in [-0.2, -0.15) is 5.10 Å². The first kappa shape index (κ1) is 22.4. The molecular formula is C23H25ClN4O3. The number of carbonyl (C=O) groups is 2. The van der Waals surface area contributed by atoms with Gasteiger partial charge in [0.05, 0.1) is 19.2 Å². The van der Waals surface area contributed by atoms with Crippen molar-refractivity contribution in [2.75, 3.05) is 12.4 Å². The van der Waals surface area contributed by atoms with Gasteiger partial charge in [0.25, 0.3) is 0 Å². The van der Waals surface area contributed by atoms with Gasteiger partial charge < -0.3 is 15.4 Å². The average molecular weight is 441 g/mol. The summed E-state index contributed by atoms with van der Waals surface area (Å²) in [7, 11) is 1.58. The molecule has 0 bridgehead atoms. The number of ether oxygens (including phenoxy) is 1. The second-order valence-corrected chi connectivity index (χ2v) is 7.54. The van der Waals surface area contributed by atoms with Crippen molar-refractivity contribution in [1.29, 1.82) is 0 Å². The second-order valence-electron chi connectivity index (χ2n) is 7.10. The van der Waals surface area contributed by atoms with E-state index in [4.69, 9.17) is 16.3 Å². The van der Waals surface area contributed by atoms with Crippen LogP contribution in [0.2, 0.25) is 5.02 Å². The SMILES string of the molecule is CCCC(NC(=O)Cc1cccc(OC)c1)C(=O)Nc1cc(-c2ccc(Cl)cc2)[nH]n1. The zero-order valence-electron chi connectivity index (χ0n) is 17.4. The predicted molar refractivity (Wildman–Crippen MR) is 121 cm³/mol. The molecule has 0 spiro atoms. The minimum absolute atomic E-state index is 0.161. The summed E-state index contributed by atoms with van der Waals surface area (Å²) < 4.78 is 5.19. The van der Waals surface area contributed by atoms with Crippen LogP contribution >= 0.6 is 11.6 Å². The van der Waals surface area contributed by atoms with Crippen LogP contribution in [0.15, 0.2) is 54.6 Å².